The molecule has 0 aliphatic carbocycles. The smallest absolute Gasteiger partial charge is 0.264 e. The van der Waals surface area contributed by atoms with Gasteiger partial charge >= 0.3 is 0 Å². The van der Waals surface area contributed by atoms with Crippen LogP contribution >= 0.6 is 0 Å². The van der Waals surface area contributed by atoms with Crippen molar-refractivity contribution in [2.75, 3.05) is 24.0 Å². The summed E-state index contributed by atoms with van der Waals surface area (Å²) < 4.78 is 47.9. The molecule has 10 heteroatoms. The Labute approximate surface area is 248 Å². The van der Waals surface area contributed by atoms with Gasteiger partial charge in [-0.25, -0.2) is 12.8 Å². The summed E-state index contributed by atoms with van der Waals surface area (Å²) in [6.45, 7) is 9.95. The normalized spacial score (nSPS) is 12.1. The van der Waals surface area contributed by atoms with Gasteiger partial charge in [-0.05, 0) is 80.3 Å². The van der Waals surface area contributed by atoms with Gasteiger partial charge in [0.2, 0.25) is 11.8 Å². The number of hydrogen-bond donors (Lipinski definition) is 1. The second-order valence-electron chi connectivity index (χ2n) is 10.5. The van der Waals surface area contributed by atoms with E-state index in [9.17, 15) is 22.4 Å². The molecule has 0 saturated carbocycles. The van der Waals surface area contributed by atoms with Gasteiger partial charge in [0.05, 0.1) is 17.2 Å². The summed E-state index contributed by atoms with van der Waals surface area (Å²) in [5, 5.41) is 2.92. The molecule has 8 nitrogen and oxygen atoms in total. The predicted octanol–water partition coefficient (Wildman–Crippen LogP) is 5.31. The summed E-state index contributed by atoms with van der Waals surface area (Å²) in [6, 6.07) is 17.6. The van der Waals surface area contributed by atoms with Crippen LogP contribution in [0.25, 0.3) is 0 Å². The molecule has 0 heterocycles. The number of rotatable bonds is 14. The van der Waals surface area contributed by atoms with Crippen molar-refractivity contribution < 1.29 is 27.1 Å². The van der Waals surface area contributed by atoms with Crippen LogP contribution in [0, 0.1) is 18.7 Å². The summed E-state index contributed by atoms with van der Waals surface area (Å²) in [4.78, 5) is 28.7. The Bertz CT molecular complexity index is 1440. The number of nitrogens with zero attached hydrogens (tertiary/aromatic N) is 2. The second-order valence-corrected chi connectivity index (χ2v) is 12.3. The third kappa shape index (κ3) is 8.55. The Morgan fingerprint density at radius 2 is 1.64 bits per heavy atom. The summed E-state index contributed by atoms with van der Waals surface area (Å²) in [5.74, 6) is -0.687. The molecule has 0 aromatic heterocycles. The maximum absolute atomic E-state index is 14.1. The third-order valence-electron chi connectivity index (χ3n) is 6.62. The van der Waals surface area contributed by atoms with Gasteiger partial charge in [0, 0.05) is 13.1 Å². The van der Waals surface area contributed by atoms with Crippen molar-refractivity contribution in [3.8, 4) is 5.75 Å². The number of hydrogen-bond acceptors (Lipinski definition) is 5. The highest BCUT2D eigenvalue weighted by molar-refractivity contribution is 7.92. The molecule has 0 aliphatic rings. The number of anilines is 1. The SMILES string of the molecule is CCOc1ccc(N(CC(=O)N(Cc2cccc(C)c2)[C@H](CC)C(=O)NCC(C)C)S(=O)(=O)c2ccc(F)cc2)cc1. The fourth-order valence-corrected chi connectivity index (χ4v) is 5.90. The number of nitrogens with one attached hydrogen (secondary N) is 1. The lowest BCUT2D eigenvalue weighted by atomic mass is 10.1. The van der Waals surface area contributed by atoms with Crippen molar-refractivity contribution in [3.05, 3.63) is 89.7 Å². The summed E-state index contributed by atoms with van der Waals surface area (Å²) in [6.07, 6.45) is 0.329. The monoisotopic (exact) mass is 597 g/mol. The van der Waals surface area contributed by atoms with E-state index in [1.165, 1.54) is 4.90 Å². The molecule has 3 rings (SSSR count). The van der Waals surface area contributed by atoms with Crippen LogP contribution in [0.3, 0.4) is 0 Å². The Morgan fingerprint density at radius 3 is 2.21 bits per heavy atom. The standard InChI is InChI=1S/C32H40FN3O5S/c1-6-30(32(38)34-20-23(3)4)35(21-25-10-8-9-24(5)19-25)31(37)22-36(27-13-15-28(16-14-27)41-7-2)42(39,40)29-17-11-26(33)12-18-29/h8-19,23,30H,6-7,20-22H2,1-5H3,(H,34,38)/t30-/m1/s1. The zero-order chi connectivity index (χ0) is 30.9. The number of aryl methyl sites for hydroxylation is 1. The lowest BCUT2D eigenvalue weighted by Gasteiger charge is -2.33. The minimum absolute atomic E-state index is 0.113. The Hall–Kier alpha value is -3.92. The van der Waals surface area contributed by atoms with Crippen LogP contribution in [-0.4, -0.2) is 50.9 Å². The number of benzene rings is 3. The Kier molecular flexibility index (Phi) is 11.5. The topological polar surface area (TPSA) is 96.0 Å². The molecular formula is C32H40FN3O5S. The predicted molar refractivity (Wildman–Crippen MR) is 162 cm³/mol. The quantitative estimate of drug-likeness (QED) is 0.272. The fraction of sp³-hybridized carbons (Fsp3) is 0.375. The first kappa shape index (κ1) is 32.6. The minimum Gasteiger partial charge on any atom is -0.494 e. The van der Waals surface area contributed by atoms with E-state index in [0.717, 1.165) is 39.7 Å². The van der Waals surface area contributed by atoms with Crippen LogP contribution in [0.15, 0.2) is 77.7 Å². The molecule has 1 atom stereocenters. The van der Waals surface area contributed by atoms with E-state index >= 15 is 0 Å². The lowest BCUT2D eigenvalue weighted by molar-refractivity contribution is -0.140. The van der Waals surface area contributed by atoms with Gasteiger partial charge < -0.3 is 15.0 Å². The van der Waals surface area contributed by atoms with Crippen molar-refractivity contribution >= 4 is 27.5 Å². The van der Waals surface area contributed by atoms with Crippen molar-refractivity contribution in [1.29, 1.82) is 0 Å². The fourth-order valence-electron chi connectivity index (χ4n) is 4.49. The van der Waals surface area contributed by atoms with Crippen LogP contribution in [0.2, 0.25) is 0 Å². The molecular weight excluding hydrogens is 557 g/mol. The van der Waals surface area contributed by atoms with Crippen LogP contribution < -0.4 is 14.4 Å². The molecule has 0 spiro atoms. The van der Waals surface area contributed by atoms with Crippen molar-refractivity contribution in [3.63, 3.8) is 0 Å². The van der Waals surface area contributed by atoms with Gasteiger partial charge in [-0.1, -0.05) is 50.6 Å². The third-order valence-corrected chi connectivity index (χ3v) is 8.41. The van der Waals surface area contributed by atoms with Crippen LogP contribution in [-0.2, 0) is 26.2 Å². The van der Waals surface area contributed by atoms with Crippen molar-refractivity contribution in [2.45, 2.75) is 58.5 Å². The van der Waals surface area contributed by atoms with E-state index in [2.05, 4.69) is 5.32 Å². The minimum atomic E-state index is -4.30. The number of carbonyl (C=O) groups excluding carboxylic acids is 2. The largest absolute Gasteiger partial charge is 0.494 e. The van der Waals surface area contributed by atoms with Gasteiger partial charge in [-0.3, -0.25) is 13.9 Å². The Balaban J connectivity index is 2.05. The number of amides is 2. The van der Waals surface area contributed by atoms with E-state index in [1.54, 1.807) is 24.3 Å². The van der Waals surface area contributed by atoms with E-state index in [4.69, 9.17) is 4.74 Å². The molecule has 2 amide bonds. The van der Waals surface area contributed by atoms with E-state index in [1.807, 2.05) is 58.9 Å². The van der Waals surface area contributed by atoms with E-state index < -0.39 is 34.3 Å². The number of carbonyl (C=O) groups is 2. The molecule has 226 valence electrons. The summed E-state index contributed by atoms with van der Waals surface area (Å²) in [5.41, 5.74) is 2.03. The maximum Gasteiger partial charge on any atom is 0.264 e. The number of halogens is 1. The number of sulfonamides is 1. The highest BCUT2D eigenvalue weighted by Gasteiger charge is 2.33. The molecule has 1 N–H and O–H groups in total. The zero-order valence-corrected chi connectivity index (χ0v) is 25.7. The summed E-state index contributed by atoms with van der Waals surface area (Å²) in [7, 11) is -4.30. The first-order valence-corrected chi connectivity index (χ1v) is 15.5. The average molecular weight is 598 g/mol. The molecule has 0 aliphatic heterocycles. The average Bonchev–Trinajstić information content (AvgIpc) is 2.95. The van der Waals surface area contributed by atoms with Crippen molar-refractivity contribution in [2.24, 2.45) is 5.92 Å². The zero-order valence-electron chi connectivity index (χ0n) is 24.8. The first-order chi connectivity index (χ1) is 20.0. The first-order valence-electron chi connectivity index (χ1n) is 14.1. The number of ether oxygens (including phenoxy) is 1. The molecule has 42 heavy (non-hydrogen) atoms. The molecule has 0 unspecified atom stereocenters. The van der Waals surface area contributed by atoms with Crippen LogP contribution in [0.1, 0.15) is 45.2 Å². The molecule has 0 fully saturated rings. The molecule has 3 aromatic rings. The lowest BCUT2D eigenvalue weighted by Crippen LogP contribution is -2.52. The van der Waals surface area contributed by atoms with Gasteiger partial charge in [0.15, 0.2) is 0 Å². The maximum atomic E-state index is 14.1. The van der Waals surface area contributed by atoms with E-state index in [-0.39, 0.29) is 29.0 Å². The van der Waals surface area contributed by atoms with Crippen LogP contribution in [0.5, 0.6) is 5.75 Å². The highest BCUT2D eigenvalue weighted by atomic mass is 32.2. The van der Waals surface area contributed by atoms with E-state index in [0.29, 0.717) is 25.3 Å². The van der Waals surface area contributed by atoms with Gasteiger partial charge in [-0.2, -0.15) is 0 Å². The highest BCUT2D eigenvalue weighted by Crippen LogP contribution is 2.27. The Morgan fingerprint density at radius 1 is 0.976 bits per heavy atom. The molecule has 0 bridgehead atoms. The van der Waals surface area contributed by atoms with Gasteiger partial charge in [0.25, 0.3) is 10.0 Å². The molecule has 3 aromatic carbocycles. The summed E-state index contributed by atoms with van der Waals surface area (Å²) >= 11 is 0. The second kappa shape index (κ2) is 14.8. The molecule has 0 radical (unpaired) electrons. The van der Waals surface area contributed by atoms with Gasteiger partial charge in [-0.15, -0.1) is 0 Å². The molecule has 0 saturated heterocycles. The van der Waals surface area contributed by atoms with Crippen molar-refractivity contribution in [1.82, 2.24) is 10.2 Å². The van der Waals surface area contributed by atoms with Crippen LogP contribution in [0.4, 0.5) is 10.1 Å². The van der Waals surface area contributed by atoms with Gasteiger partial charge in [0.1, 0.15) is 24.2 Å².